The molecule has 2 amide bonds. The van der Waals surface area contributed by atoms with Crippen LogP contribution < -0.4 is 10.0 Å². The van der Waals surface area contributed by atoms with Crippen molar-refractivity contribution in [3.63, 3.8) is 0 Å². The van der Waals surface area contributed by atoms with Crippen LogP contribution in [0.3, 0.4) is 0 Å². The Morgan fingerprint density at radius 1 is 1.17 bits per heavy atom. The van der Waals surface area contributed by atoms with Crippen molar-refractivity contribution >= 4 is 44.4 Å². The van der Waals surface area contributed by atoms with Crippen molar-refractivity contribution in [1.29, 1.82) is 5.26 Å². The van der Waals surface area contributed by atoms with Gasteiger partial charge in [-0.05, 0) is 42.8 Å². The fourth-order valence-electron chi connectivity index (χ4n) is 3.46. The van der Waals surface area contributed by atoms with Gasteiger partial charge in [0.05, 0.1) is 21.7 Å². The van der Waals surface area contributed by atoms with E-state index in [1.807, 2.05) is 6.92 Å². The summed E-state index contributed by atoms with van der Waals surface area (Å²) in [6.45, 7) is 1.81. The summed E-state index contributed by atoms with van der Waals surface area (Å²) in [5.41, 5.74) is 2.25. The average molecular weight is 507 g/mol. The van der Waals surface area contributed by atoms with Crippen molar-refractivity contribution in [2.45, 2.75) is 18.4 Å². The van der Waals surface area contributed by atoms with Gasteiger partial charge in [0, 0.05) is 31.2 Å². The second-order valence-electron chi connectivity index (χ2n) is 8.13. The van der Waals surface area contributed by atoms with E-state index in [9.17, 15) is 23.3 Å². The number of benzene rings is 2. The van der Waals surface area contributed by atoms with Crippen molar-refractivity contribution < 1.29 is 18.0 Å². The number of aromatic nitrogens is 4. The highest BCUT2D eigenvalue weighted by Gasteiger charge is 2.19. The molecule has 0 aliphatic heterocycles. The van der Waals surface area contributed by atoms with Crippen LogP contribution in [0.1, 0.15) is 21.5 Å². The lowest BCUT2D eigenvalue weighted by atomic mass is 10.1. The predicted molar refractivity (Wildman–Crippen MR) is 132 cm³/mol. The quantitative estimate of drug-likeness (QED) is 0.345. The minimum Gasteiger partial charge on any atom is -0.358 e. The summed E-state index contributed by atoms with van der Waals surface area (Å²) in [6, 6.07) is 10.8. The second-order valence-corrected chi connectivity index (χ2v) is 9.81. The number of carbonyl (C=O) groups is 2. The Morgan fingerprint density at radius 3 is 2.56 bits per heavy atom. The van der Waals surface area contributed by atoms with Crippen molar-refractivity contribution in [2.75, 3.05) is 24.1 Å². The van der Waals surface area contributed by atoms with Crippen LogP contribution in [0.2, 0.25) is 0 Å². The third kappa shape index (κ3) is 4.89. The van der Waals surface area contributed by atoms with Gasteiger partial charge in [-0.25, -0.2) is 18.1 Å². The molecule has 0 aliphatic rings. The van der Waals surface area contributed by atoms with Crippen LogP contribution in [0, 0.1) is 18.3 Å². The molecule has 3 N–H and O–H groups in total. The lowest BCUT2D eigenvalue weighted by Gasteiger charge is -2.11. The molecule has 36 heavy (non-hydrogen) atoms. The van der Waals surface area contributed by atoms with Gasteiger partial charge in [0.15, 0.2) is 0 Å². The summed E-state index contributed by atoms with van der Waals surface area (Å²) in [7, 11) is -0.744. The van der Waals surface area contributed by atoms with E-state index in [-0.39, 0.29) is 28.9 Å². The molecule has 0 spiro atoms. The number of aryl methyl sites for hydroxylation is 1. The molecular formula is C23H22N8O4S. The van der Waals surface area contributed by atoms with Crippen LogP contribution in [-0.4, -0.2) is 59.0 Å². The number of hydrogen-bond donors (Lipinski definition) is 3. The Morgan fingerprint density at radius 2 is 1.89 bits per heavy atom. The van der Waals surface area contributed by atoms with Gasteiger partial charge < -0.3 is 9.88 Å². The number of H-pyrrole nitrogens is 1. The van der Waals surface area contributed by atoms with Crippen LogP contribution in [-0.2, 0) is 21.4 Å². The molecule has 0 saturated carbocycles. The van der Waals surface area contributed by atoms with Crippen molar-refractivity contribution in [1.82, 2.24) is 24.6 Å². The maximum atomic E-state index is 13.0. The number of rotatable bonds is 7. The molecule has 0 saturated heterocycles. The van der Waals surface area contributed by atoms with Gasteiger partial charge in [-0.15, -0.1) is 5.10 Å². The first-order valence-corrected chi connectivity index (χ1v) is 12.1. The predicted octanol–water partition coefficient (Wildman–Crippen LogP) is 2.08. The molecule has 0 unspecified atom stereocenters. The number of nitrogens with one attached hydrogen (secondary N) is 3. The molecule has 13 heteroatoms. The van der Waals surface area contributed by atoms with Crippen LogP contribution in [0.5, 0.6) is 0 Å². The average Bonchev–Trinajstić information content (AvgIpc) is 3.48. The Bertz CT molecular complexity index is 1610. The van der Waals surface area contributed by atoms with Crippen LogP contribution in [0.15, 0.2) is 53.8 Å². The van der Waals surface area contributed by atoms with E-state index in [0.717, 1.165) is 5.56 Å². The molecule has 0 aliphatic carbocycles. The van der Waals surface area contributed by atoms with Gasteiger partial charge in [0.25, 0.3) is 15.9 Å². The van der Waals surface area contributed by atoms with Crippen LogP contribution in [0.4, 0.5) is 11.6 Å². The van der Waals surface area contributed by atoms with Gasteiger partial charge in [0.1, 0.15) is 18.9 Å². The molecule has 2 aromatic carbocycles. The Labute approximate surface area is 206 Å². The molecule has 184 valence electrons. The van der Waals surface area contributed by atoms with Crippen LogP contribution in [0.25, 0.3) is 10.9 Å². The Hall–Kier alpha value is -4.70. The Kier molecular flexibility index (Phi) is 6.45. The minimum atomic E-state index is -3.98. The summed E-state index contributed by atoms with van der Waals surface area (Å²) < 4.78 is 29.8. The zero-order valence-corrected chi connectivity index (χ0v) is 20.4. The number of sulfonamides is 1. The molecule has 0 bridgehead atoms. The molecule has 0 fully saturated rings. The molecule has 0 radical (unpaired) electrons. The highest BCUT2D eigenvalue weighted by Crippen LogP contribution is 2.30. The monoisotopic (exact) mass is 506 g/mol. The second kappa shape index (κ2) is 9.51. The van der Waals surface area contributed by atoms with Gasteiger partial charge >= 0.3 is 0 Å². The van der Waals surface area contributed by atoms with Crippen molar-refractivity contribution in [2.24, 2.45) is 0 Å². The van der Waals surface area contributed by atoms with E-state index in [4.69, 9.17) is 0 Å². The zero-order valence-electron chi connectivity index (χ0n) is 19.6. The van der Waals surface area contributed by atoms with Gasteiger partial charge in [-0.2, -0.15) is 5.26 Å². The first-order chi connectivity index (χ1) is 17.1. The van der Waals surface area contributed by atoms with E-state index in [2.05, 4.69) is 31.2 Å². The normalized spacial score (nSPS) is 11.2. The first-order valence-electron chi connectivity index (χ1n) is 10.6. The van der Waals surface area contributed by atoms with Crippen molar-refractivity contribution in [3.05, 3.63) is 65.6 Å². The summed E-state index contributed by atoms with van der Waals surface area (Å²) in [6.07, 6.45) is 2.85. The largest absolute Gasteiger partial charge is 0.358 e. The maximum absolute atomic E-state index is 13.0. The van der Waals surface area contributed by atoms with E-state index >= 15 is 0 Å². The SMILES string of the molecule is Cc1ccc(NS(=O)(=O)c2ccc(C(=O)Nc3ncn(CC(=O)N(C)C)n3)cc2)c2[nH]cc(C#N)c12. The number of amides is 2. The smallest absolute Gasteiger partial charge is 0.261 e. The number of aromatic amines is 1. The molecule has 2 aromatic heterocycles. The minimum absolute atomic E-state index is 0.0102. The zero-order chi connectivity index (χ0) is 26.0. The first kappa shape index (κ1) is 24.4. The molecule has 12 nitrogen and oxygen atoms in total. The number of fused-ring (bicyclic) bond motifs is 1. The standard InChI is InChI=1S/C23H22N8O4S/c1-14-4-9-18(21-20(14)16(10-24)11-25-21)29-36(34,35)17-7-5-15(6-8-17)22(33)27-23-26-13-31(28-23)12-19(32)30(2)3/h4-9,11,13,25,29H,12H2,1-3H3,(H,27,28,33). The number of likely N-dealkylation sites (N-methyl/N-ethyl adjacent to an activating group) is 1. The van der Waals surface area contributed by atoms with Crippen molar-refractivity contribution in [3.8, 4) is 6.07 Å². The number of nitriles is 1. The fourth-order valence-corrected chi connectivity index (χ4v) is 4.54. The molecule has 0 atom stereocenters. The molecule has 2 heterocycles. The van der Waals surface area contributed by atoms with Gasteiger partial charge in [-0.3, -0.25) is 19.6 Å². The van der Waals surface area contributed by atoms with Gasteiger partial charge in [-0.1, -0.05) is 6.07 Å². The summed E-state index contributed by atoms with van der Waals surface area (Å²) in [5, 5.41) is 16.5. The number of nitrogens with zero attached hydrogens (tertiary/aromatic N) is 5. The fraction of sp³-hybridized carbons (Fsp3) is 0.174. The highest BCUT2D eigenvalue weighted by molar-refractivity contribution is 7.92. The topological polar surface area (TPSA) is 166 Å². The third-order valence-electron chi connectivity index (χ3n) is 5.39. The van der Waals surface area contributed by atoms with Crippen LogP contribution >= 0.6 is 0 Å². The highest BCUT2D eigenvalue weighted by atomic mass is 32.2. The third-order valence-corrected chi connectivity index (χ3v) is 6.77. The van der Waals surface area contributed by atoms with E-state index in [1.54, 1.807) is 26.2 Å². The number of carbonyl (C=O) groups excluding carboxylic acids is 2. The number of hydrogen-bond acceptors (Lipinski definition) is 7. The molecule has 4 aromatic rings. The summed E-state index contributed by atoms with van der Waals surface area (Å²) in [5.74, 6) is -0.716. The lowest BCUT2D eigenvalue weighted by molar-refractivity contribution is -0.129. The lowest BCUT2D eigenvalue weighted by Crippen LogP contribution is -2.26. The number of anilines is 2. The van der Waals surface area contributed by atoms with E-state index < -0.39 is 15.9 Å². The summed E-state index contributed by atoms with van der Waals surface area (Å²) in [4.78, 5) is 32.6. The van der Waals surface area contributed by atoms with E-state index in [0.29, 0.717) is 22.2 Å². The van der Waals surface area contributed by atoms with Gasteiger partial charge in [0.2, 0.25) is 11.9 Å². The Balaban J connectivity index is 1.48. The molecule has 4 rings (SSSR count). The van der Waals surface area contributed by atoms with E-state index in [1.165, 1.54) is 46.4 Å². The maximum Gasteiger partial charge on any atom is 0.261 e. The molecular weight excluding hydrogens is 484 g/mol. The summed E-state index contributed by atoms with van der Waals surface area (Å²) >= 11 is 0.